The number of methoxy groups -OCH3 is 2. The number of hydrogen-bond donors (Lipinski definition) is 0. The fraction of sp³-hybridized carbons (Fsp3) is 0.269. The molecule has 4 aromatic rings. The Morgan fingerprint density at radius 1 is 1.06 bits per heavy atom. The lowest BCUT2D eigenvalue weighted by molar-refractivity contribution is 0.0962. The smallest absolute Gasteiger partial charge is 0.166 e. The molecule has 0 spiro atoms. The van der Waals surface area contributed by atoms with Crippen molar-refractivity contribution in [3.8, 4) is 22.6 Å². The van der Waals surface area contributed by atoms with E-state index >= 15 is 0 Å². The quantitative estimate of drug-likeness (QED) is 0.454. The lowest BCUT2D eigenvalue weighted by Gasteiger charge is -2.25. The summed E-state index contributed by atoms with van der Waals surface area (Å²) in [4.78, 5) is 18.1. The second-order valence-electron chi connectivity index (χ2n) is 8.05. The summed E-state index contributed by atoms with van der Waals surface area (Å²) >= 11 is 0. The van der Waals surface area contributed by atoms with Crippen LogP contribution in [0.1, 0.15) is 46.6 Å². The average Bonchev–Trinajstić information content (AvgIpc) is 3.20. The molecule has 0 saturated heterocycles. The van der Waals surface area contributed by atoms with E-state index in [1.54, 1.807) is 18.7 Å². The van der Waals surface area contributed by atoms with Crippen molar-refractivity contribution in [3.05, 3.63) is 77.2 Å². The molecule has 0 amide bonds. The van der Waals surface area contributed by atoms with Crippen LogP contribution in [-0.2, 0) is 12.8 Å². The molecule has 32 heavy (non-hydrogen) atoms. The molecule has 2 aromatic heterocycles. The first kappa shape index (κ1) is 20.2. The van der Waals surface area contributed by atoms with E-state index in [0.29, 0.717) is 18.4 Å². The van der Waals surface area contributed by atoms with Crippen molar-refractivity contribution in [2.24, 2.45) is 0 Å². The number of fused-ring (bicyclic) bond motifs is 2. The number of carbonyl (C=O) groups excluding carboxylic acids is 1. The maximum Gasteiger partial charge on any atom is 0.166 e. The van der Waals surface area contributed by atoms with Crippen molar-refractivity contribution in [2.45, 2.75) is 32.1 Å². The SMILES string of the molecule is CCc1nn2cc3c(nc2c1-c1ccccc1)CC(c1ccc(OC)cc1OC)CC3=O. The molecule has 1 aliphatic carbocycles. The first-order valence-corrected chi connectivity index (χ1v) is 10.8. The number of carbonyl (C=O) groups is 1. The van der Waals surface area contributed by atoms with Crippen molar-refractivity contribution >= 4 is 11.4 Å². The number of aromatic nitrogens is 3. The zero-order valence-corrected chi connectivity index (χ0v) is 18.5. The van der Waals surface area contributed by atoms with Gasteiger partial charge in [-0.1, -0.05) is 43.3 Å². The molecule has 0 saturated carbocycles. The Morgan fingerprint density at radius 2 is 1.88 bits per heavy atom. The van der Waals surface area contributed by atoms with Crippen LogP contribution in [0.25, 0.3) is 16.8 Å². The van der Waals surface area contributed by atoms with E-state index in [1.165, 1.54) is 0 Å². The van der Waals surface area contributed by atoms with Gasteiger partial charge in [-0.2, -0.15) is 5.10 Å². The molecule has 162 valence electrons. The summed E-state index contributed by atoms with van der Waals surface area (Å²) in [5.74, 6) is 1.54. The van der Waals surface area contributed by atoms with Gasteiger partial charge in [0.25, 0.3) is 0 Å². The van der Waals surface area contributed by atoms with E-state index in [0.717, 1.165) is 51.6 Å². The molecule has 0 bridgehead atoms. The van der Waals surface area contributed by atoms with E-state index in [-0.39, 0.29) is 11.7 Å². The summed E-state index contributed by atoms with van der Waals surface area (Å²) < 4.78 is 12.7. The largest absolute Gasteiger partial charge is 0.497 e. The third-order valence-corrected chi connectivity index (χ3v) is 6.21. The zero-order chi connectivity index (χ0) is 22.2. The van der Waals surface area contributed by atoms with Crippen LogP contribution >= 0.6 is 0 Å². The number of rotatable bonds is 5. The van der Waals surface area contributed by atoms with E-state index in [4.69, 9.17) is 19.6 Å². The Morgan fingerprint density at radius 3 is 2.59 bits per heavy atom. The fourth-order valence-electron chi connectivity index (χ4n) is 4.60. The third kappa shape index (κ3) is 3.32. The van der Waals surface area contributed by atoms with E-state index in [2.05, 4.69) is 19.1 Å². The first-order chi connectivity index (χ1) is 15.6. The molecule has 2 aromatic carbocycles. The first-order valence-electron chi connectivity index (χ1n) is 10.8. The summed E-state index contributed by atoms with van der Waals surface area (Å²) in [6, 6.07) is 16.0. The van der Waals surface area contributed by atoms with Gasteiger partial charge in [0.2, 0.25) is 0 Å². The highest BCUT2D eigenvalue weighted by molar-refractivity contribution is 5.99. The molecule has 6 nitrogen and oxygen atoms in total. The zero-order valence-electron chi connectivity index (χ0n) is 18.5. The van der Waals surface area contributed by atoms with E-state index in [1.807, 2.05) is 42.6 Å². The summed E-state index contributed by atoms with van der Waals surface area (Å²) in [5, 5.41) is 4.74. The third-order valence-electron chi connectivity index (χ3n) is 6.21. The van der Waals surface area contributed by atoms with E-state index in [9.17, 15) is 4.79 Å². The minimum absolute atomic E-state index is 0.000418. The monoisotopic (exact) mass is 427 g/mol. The summed E-state index contributed by atoms with van der Waals surface area (Å²) in [6.45, 7) is 2.09. The van der Waals surface area contributed by atoms with Crippen LogP contribution in [0.2, 0.25) is 0 Å². The Balaban J connectivity index is 1.62. The Hall–Kier alpha value is -3.67. The second kappa shape index (κ2) is 8.11. The highest BCUT2D eigenvalue weighted by Crippen LogP contribution is 2.39. The molecule has 2 heterocycles. The predicted molar refractivity (Wildman–Crippen MR) is 123 cm³/mol. The highest BCUT2D eigenvalue weighted by Gasteiger charge is 2.31. The Labute approximate surface area is 186 Å². The molecule has 0 aliphatic heterocycles. The van der Waals surface area contributed by atoms with Gasteiger partial charge in [-0.15, -0.1) is 0 Å². The predicted octanol–water partition coefficient (Wildman–Crippen LogP) is 4.89. The number of nitrogens with zero attached hydrogens (tertiary/aromatic N) is 3. The van der Waals surface area contributed by atoms with Gasteiger partial charge in [-0.05, 0) is 30.0 Å². The van der Waals surface area contributed by atoms with Crippen LogP contribution in [0.15, 0.2) is 54.7 Å². The lowest BCUT2D eigenvalue weighted by atomic mass is 9.81. The summed E-state index contributed by atoms with van der Waals surface area (Å²) in [5.41, 5.74) is 6.37. The topological polar surface area (TPSA) is 65.7 Å². The van der Waals surface area contributed by atoms with Gasteiger partial charge in [0.1, 0.15) is 11.5 Å². The van der Waals surface area contributed by atoms with Gasteiger partial charge in [0.05, 0.1) is 31.2 Å². The molecule has 1 atom stereocenters. The van der Waals surface area contributed by atoms with Gasteiger partial charge < -0.3 is 9.47 Å². The van der Waals surface area contributed by atoms with Crippen LogP contribution in [-0.4, -0.2) is 34.6 Å². The van der Waals surface area contributed by atoms with Gasteiger partial charge in [-0.25, -0.2) is 9.50 Å². The number of aryl methyl sites for hydroxylation is 1. The molecule has 5 rings (SSSR count). The van der Waals surface area contributed by atoms with Crippen LogP contribution in [0.5, 0.6) is 11.5 Å². The summed E-state index contributed by atoms with van der Waals surface area (Å²) in [7, 11) is 3.27. The molecule has 0 N–H and O–H groups in total. The minimum atomic E-state index is -0.000418. The van der Waals surface area contributed by atoms with Gasteiger partial charge in [-0.3, -0.25) is 4.79 Å². The van der Waals surface area contributed by atoms with Gasteiger partial charge in [0, 0.05) is 30.2 Å². The number of hydrogen-bond acceptors (Lipinski definition) is 5. The number of benzene rings is 2. The van der Waals surface area contributed by atoms with Crippen molar-refractivity contribution in [1.82, 2.24) is 14.6 Å². The molecular weight excluding hydrogens is 402 g/mol. The van der Waals surface area contributed by atoms with Crippen LogP contribution in [0.3, 0.4) is 0 Å². The van der Waals surface area contributed by atoms with Gasteiger partial charge in [0.15, 0.2) is 11.4 Å². The molecule has 1 unspecified atom stereocenters. The minimum Gasteiger partial charge on any atom is -0.497 e. The van der Waals surface area contributed by atoms with Crippen LogP contribution < -0.4 is 9.47 Å². The van der Waals surface area contributed by atoms with Crippen molar-refractivity contribution < 1.29 is 14.3 Å². The fourth-order valence-corrected chi connectivity index (χ4v) is 4.60. The van der Waals surface area contributed by atoms with Crippen LogP contribution in [0.4, 0.5) is 0 Å². The maximum atomic E-state index is 13.1. The normalized spacial score (nSPS) is 15.6. The molecule has 6 heteroatoms. The van der Waals surface area contributed by atoms with E-state index < -0.39 is 0 Å². The molecular formula is C26H25N3O3. The number of Topliss-reactive ketones (excluding diaryl/α,β-unsaturated/α-hetero) is 1. The Kier molecular flexibility index (Phi) is 5.13. The lowest BCUT2D eigenvalue weighted by Crippen LogP contribution is -2.21. The second-order valence-corrected chi connectivity index (χ2v) is 8.05. The Bertz CT molecular complexity index is 1310. The van der Waals surface area contributed by atoms with Crippen LogP contribution in [0, 0.1) is 0 Å². The van der Waals surface area contributed by atoms with Crippen molar-refractivity contribution in [3.63, 3.8) is 0 Å². The molecule has 0 fully saturated rings. The molecule has 0 radical (unpaired) electrons. The molecule has 1 aliphatic rings. The van der Waals surface area contributed by atoms with Crippen molar-refractivity contribution in [1.29, 1.82) is 0 Å². The maximum absolute atomic E-state index is 13.1. The highest BCUT2D eigenvalue weighted by atomic mass is 16.5. The standard InChI is InChI=1S/C26H25N3O3/c1-4-21-25(16-8-6-5-7-9-16)26-27-22-12-17(13-23(30)20(22)15-29(26)28-21)19-11-10-18(31-2)14-24(19)32-3/h5-11,14-15,17H,4,12-13H2,1-3H3. The summed E-state index contributed by atoms with van der Waals surface area (Å²) in [6.07, 6.45) is 3.72. The number of ether oxygens (including phenoxy) is 2. The number of ketones is 1. The van der Waals surface area contributed by atoms with Crippen molar-refractivity contribution in [2.75, 3.05) is 14.2 Å². The average molecular weight is 428 g/mol. The van der Waals surface area contributed by atoms with Gasteiger partial charge >= 0.3 is 0 Å².